The average molecular weight is 386 g/mol. The van der Waals surface area contributed by atoms with Crippen LogP contribution in [0.25, 0.3) is 11.3 Å². The number of hydrogen-bond donors (Lipinski definition) is 2. The van der Waals surface area contributed by atoms with Crippen LogP contribution >= 0.6 is 22.9 Å². The molecule has 0 saturated heterocycles. The number of rotatable bonds is 6. The van der Waals surface area contributed by atoms with Gasteiger partial charge in [0.05, 0.1) is 16.3 Å². The standard InChI is InChI=1S/C19H16ClN3O2S/c20-15-9-5-4-8-14(15)18(25)21-11-10-17(24)23-19-22-16(12-26-19)13-6-2-1-3-7-13/h1-9,12H,10-11H2,(H,21,25)(H,22,23,24). The van der Waals surface area contributed by atoms with E-state index in [4.69, 9.17) is 11.6 Å². The minimum Gasteiger partial charge on any atom is -0.351 e. The molecule has 132 valence electrons. The summed E-state index contributed by atoms with van der Waals surface area (Å²) in [4.78, 5) is 28.5. The average Bonchev–Trinajstić information content (AvgIpc) is 3.11. The second-order valence-electron chi connectivity index (χ2n) is 5.44. The van der Waals surface area contributed by atoms with E-state index in [1.54, 1.807) is 24.3 Å². The number of hydrogen-bond acceptors (Lipinski definition) is 4. The molecule has 1 aromatic heterocycles. The van der Waals surface area contributed by atoms with Crippen LogP contribution in [0.2, 0.25) is 5.02 Å². The van der Waals surface area contributed by atoms with Gasteiger partial charge >= 0.3 is 0 Å². The predicted octanol–water partition coefficient (Wildman–Crippen LogP) is 4.22. The smallest absolute Gasteiger partial charge is 0.252 e. The number of halogens is 1. The molecule has 0 fully saturated rings. The molecule has 0 aliphatic rings. The van der Waals surface area contributed by atoms with Gasteiger partial charge in [0.2, 0.25) is 5.91 Å². The monoisotopic (exact) mass is 385 g/mol. The highest BCUT2D eigenvalue weighted by Crippen LogP contribution is 2.24. The zero-order chi connectivity index (χ0) is 18.4. The molecule has 2 amide bonds. The molecule has 1 heterocycles. The number of nitrogens with zero attached hydrogens (tertiary/aromatic N) is 1. The summed E-state index contributed by atoms with van der Waals surface area (Å²) in [6, 6.07) is 16.5. The summed E-state index contributed by atoms with van der Waals surface area (Å²) >= 11 is 7.34. The van der Waals surface area contributed by atoms with Gasteiger partial charge in [-0.1, -0.05) is 54.1 Å². The number of carbonyl (C=O) groups excluding carboxylic acids is 2. The predicted molar refractivity (Wildman–Crippen MR) is 105 cm³/mol. The van der Waals surface area contributed by atoms with E-state index < -0.39 is 0 Å². The summed E-state index contributed by atoms with van der Waals surface area (Å²) < 4.78 is 0. The van der Waals surface area contributed by atoms with Crippen molar-refractivity contribution >= 4 is 39.9 Å². The van der Waals surface area contributed by atoms with Crippen molar-refractivity contribution in [2.24, 2.45) is 0 Å². The third kappa shape index (κ3) is 4.68. The van der Waals surface area contributed by atoms with E-state index in [9.17, 15) is 9.59 Å². The second-order valence-corrected chi connectivity index (χ2v) is 6.70. The van der Waals surface area contributed by atoms with Gasteiger partial charge in [-0.25, -0.2) is 4.98 Å². The van der Waals surface area contributed by atoms with E-state index >= 15 is 0 Å². The molecule has 2 aromatic carbocycles. The van der Waals surface area contributed by atoms with Crippen molar-refractivity contribution in [2.75, 3.05) is 11.9 Å². The molecular weight excluding hydrogens is 370 g/mol. The van der Waals surface area contributed by atoms with E-state index in [-0.39, 0.29) is 24.8 Å². The zero-order valence-electron chi connectivity index (χ0n) is 13.7. The van der Waals surface area contributed by atoms with E-state index in [0.717, 1.165) is 11.3 Å². The van der Waals surface area contributed by atoms with Crippen molar-refractivity contribution in [3.05, 3.63) is 70.6 Å². The molecule has 0 aliphatic carbocycles. The Morgan fingerprint density at radius 1 is 1.04 bits per heavy atom. The van der Waals surface area contributed by atoms with Gasteiger partial charge in [-0.05, 0) is 12.1 Å². The number of aromatic nitrogens is 1. The summed E-state index contributed by atoms with van der Waals surface area (Å²) in [5.41, 5.74) is 2.20. The lowest BCUT2D eigenvalue weighted by Crippen LogP contribution is -2.27. The number of amides is 2. The number of benzene rings is 2. The molecule has 0 saturated carbocycles. The third-order valence-corrected chi connectivity index (χ3v) is 4.66. The van der Waals surface area contributed by atoms with Crippen LogP contribution in [0.4, 0.5) is 5.13 Å². The Balaban J connectivity index is 1.48. The van der Waals surface area contributed by atoms with Crippen molar-refractivity contribution in [3.63, 3.8) is 0 Å². The van der Waals surface area contributed by atoms with Crippen LogP contribution in [-0.2, 0) is 4.79 Å². The molecule has 0 aliphatic heterocycles. The molecule has 3 aromatic rings. The lowest BCUT2D eigenvalue weighted by molar-refractivity contribution is -0.116. The fraction of sp³-hybridized carbons (Fsp3) is 0.105. The van der Waals surface area contributed by atoms with E-state index in [2.05, 4.69) is 15.6 Å². The minimum atomic E-state index is -0.302. The van der Waals surface area contributed by atoms with Gasteiger partial charge in [0.1, 0.15) is 0 Å². The van der Waals surface area contributed by atoms with Crippen LogP contribution in [0.5, 0.6) is 0 Å². The number of thiazole rings is 1. The van der Waals surface area contributed by atoms with Crippen LogP contribution < -0.4 is 10.6 Å². The lowest BCUT2D eigenvalue weighted by Gasteiger charge is -2.06. The summed E-state index contributed by atoms with van der Waals surface area (Å²) in [6.45, 7) is 0.215. The van der Waals surface area contributed by atoms with E-state index in [1.165, 1.54) is 11.3 Å². The lowest BCUT2D eigenvalue weighted by atomic mass is 10.2. The maximum Gasteiger partial charge on any atom is 0.252 e. The largest absolute Gasteiger partial charge is 0.351 e. The summed E-state index contributed by atoms with van der Waals surface area (Å²) in [5.74, 6) is -0.512. The van der Waals surface area contributed by atoms with Crippen molar-refractivity contribution in [1.82, 2.24) is 10.3 Å². The third-order valence-electron chi connectivity index (χ3n) is 3.58. The quantitative estimate of drug-likeness (QED) is 0.667. The van der Waals surface area contributed by atoms with Gasteiger partial charge in [-0.15, -0.1) is 11.3 Å². The van der Waals surface area contributed by atoms with Crippen molar-refractivity contribution < 1.29 is 9.59 Å². The molecule has 26 heavy (non-hydrogen) atoms. The Labute approximate surface area is 160 Å². The normalized spacial score (nSPS) is 10.3. The highest BCUT2D eigenvalue weighted by molar-refractivity contribution is 7.14. The van der Waals surface area contributed by atoms with Gasteiger partial charge in [0.15, 0.2) is 5.13 Å². The Hall–Kier alpha value is -2.70. The first-order valence-electron chi connectivity index (χ1n) is 7.97. The molecule has 3 rings (SSSR count). The van der Waals surface area contributed by atoms with E-state index in [0.29, 0.717) is 15.7 Å². The highest BCUT2D eigenvalue weighted by Gasteiger charge is 2.11. The van der Waals surface area contributed by atoms with Crippen molar-refractivity contribution in [2.45, 2.75) is 6.42 Å². The molecule has 7 heteroatoms. The van der Waals surface area contributed by atoms with Gasteiger partial charge in [0.25, 0.3) is 5.91 Å². The van der Waals surface area contributed by atoms with Crippen LogP contribution in [-0.4, -0.2) is 23.3 Å². The zero-order valence-corrected chi connectivity index (χ0v) is 15.3. The number of carbonyl (C=O) groups is 2. The van der Waals surface area contributed by atoms with Crippen LogP contribution in [0.3, 0.4) is 0 Å². The molecular formula is C19H16ClN3O2S. The first kappa shape index (κ1) is 18.1. The first-order chi connectivity index (χ1) is 12.6. The molecule has 2 N–H and O–H groups in total. The summed E-state index contributed by atoms with van der Waals surface area (Å²) in [5, 5.41) is 8.24. The van der Waals surface area contributed by atoms with Crippen LogP contribution in [0.1, 0.15) is 16.8 Å². The molecule has 0 radical (unpaired) electrons. The summed E-state index contributed by atoms with van der Waals surface area (Å²) in [7, 11) is 0. The molecule has 0 unspecified atom stereocenters. The molecule has 0 spiro atoms. The van der Waals surface area contributed by atoms with Gasteiger partial charge < -0.3 is 10.6 Å². The first-order valence-corrected chi connectivity index (χ1v) is 9.23. The van der Waals surface area contributed by atoms with Crippen LogP contribution in [0.15, 0.2) is 60.0 Å². The number of nitrogens with one attached hydrogen (secondary N) is 2. The minimum absolute atomic E-state index is 0.149. The van der Waals surface area contributed by atoms with E-state index in [1.807, 2.05) is 35.7 Å². The van der Waals surface area contributed by atoms with Crippen molar-refractivity contribution in [3.8, 4) is 11.3 Å². The second kappa shape index (κ2) is 8.60. The molecule has 0 atom stereocenters. The Morgan fingerprint density at radius 3 is 2.54 bits per heavy atom. The van der Waals surface area contributed by atoms with Gasteiger partial charge in [-0.3, -0.25) is 9.59 Å². The maximum absolute atomic E-state index is 12.0. The van der Waals surface area contributed by atoms with Gasteiger partial charge in [-0.2, -0.15) is 0 Å². The summed E-state index contributed by atoms with van der Waals surface area (Å²) in [6.07, 6.45) is 0.149. The Bertz CT molecular complexity index is 912. The molecule has 0 bridgehead atoms. The Morgan fingerprint density at radius 2 is 1.77 bits per heavy atom. The maximum atomic E-state index is 12.0. The topological polar surface area (TPSA) is 71.1 Å². The highest BCUT2D eigenvalue weighted by atomic mass is 35.5. The van der Waals surface area contributed by atoms with Crippen LogP contribution in [0, 0.1) is 0 Å². The van der Waals surface area contributed by atoms with Gasteiger partial charge in [0, 0.05) is 23.9 Å². The fourth-order valence-electron chi connectivity index (χ4n) is 2.28. The molecule has 5 nitrogen and oxygen atoms in total. The number of anilines is 1. The fourth-order valence-corrected chi connectivity index (χ4v) is 3.24. The SMILES string of the molecule is O=C(CCNC(=O)c1ccccc1Cl)Nc1nc(-c2ccccc2)cs1. The van der Waals surface area contributed by atoms with Crippen molar-refractivity contribution in [1.29, 1.82) is 0 Å². The Kier molecular flexibility index (Phi) is 5.99.